The van der Waals surface area contributed by atoms with Crippen LogP contribution in [0.3, 0.4) is 0 Å². The highest BCUT2D eigenvalue weighted by molar-refractivity contribution is 6.32. The number of carbonyl (C=O) groups is 1. The summed E-state index contributed by atoms with van der Waals surface area (Å²) >= 11 is 5.94. The maximum Gasteiger partial charge on any atom is 0.334 e. The summed E-state index contributed by atoms with van der Waals surface area (Å²) in [5, 5.41) is 11.0. The third-order valence-corrected chi connectivity index (χ3v) is 2.94. The van der Waals surface area contributed by atoms with Crippen molar-refractivity contribution in [3.05, 3.63) is 44.5 Å². The number of benzene rings is 1. The number of nitro groups is 1. The molecule has 1 unspecified atom stereocenters. The summed E-state index contributed by atoms with van der Waals surface area (Å²) < 4.78 is 4.98. The zero-order valence-electron chi connectivity index (χ0n) is 9.55. The second kappa shape index (κ2) is 4.78. The molecule has 0 saturated carbocycles. The SMILES string of the molecule is CC1CC(=Cc2cc([N+](=O)[O-])ccc2Cl)C(=O)O1. The molecule has 0 amide bonds. The average molecular weight is 268 g/mol. The molecule has 0 N–H and O–H groups in total. The number of hydrogen-bond donors (Lipinski definition) is 0. The van der Waals surface area contributed by atoms with E-state index >= 15 is 0 Å². The highest BCUT2D eigenvalue weighted by Crippen LogP contribution is 2.28. The maximum absolute atomic E-state index is 11.5. The molecule has 1 aliphatic rings. The first kappa shape index (κ1) is 12.6. The van der Waals surface area contributed by atoms with Crippen molar-refractivity contribution < 1.29 is 14.5 Å². The molecule has 1 fully saturated rings. The predicted molar refractivity (Wildman–Crippen MR) is 66.3 cm³/mol. The van der Waals surface area contributed by atoms with E-state index < -0.39 is 10.9 Å². The van der Waals surface area contributed by atoms with Crippen LogP contribution in [0.15, 0.2) is 23.8 Å². The third kappa shape index (κ3) is 2.51. The van der Waals surface area contributed by atoms with Crippen LogP contribution in [-0.4, -0.2) is 17.0 Å². The number of nitro benzene ring substituents is 1. The van der Waals surface area contributed by atoms with Crippen molar-refractivity contribution in [2.75, 3.05) is 0 Å². The van der Waals surface area contributed by atoms with Crippen molar-refractivity contribution in [2.24, 2.45) is 0 Å². The van der Waals surface area contributed by atoms with Gasteiger partial charge in [0, 0.05) is 34.7 Å². The van der Waals surface area contributed by atoms with Gasteiger partial charge in [-0.2, -0.15) is 0 Å². The molecule has 0 bridgehead atoms. The fourth-order valence-electron chi connectivity index (χ4n) is 1.75. The molecule has 18 heavy (non-hydrogen) atoms. The Kier molecular flexibility index (Phi) is 3.34. The van der Waals surface area contributed by atoms with Gasteiger partial charge in [0.1, 0.15) is 6.10 Å². The third-order valence-electron chi connectivity index (χ3n) is 2.60. The van der Waals surface area contributed by atoms with Crippen LogP contribution in [0.1, 0.15) is 18.9 Å². The first-order valence-corrected chi connectivity index (χ1v) is 5.70. The van der Waals surface area contributed by atoms with Gasteiger partial charge in [-0.25, -0.2) is 4.79 Å². The Morgan fingerprint density at radius 2 is 2.28 bits per heavy atom. The molecule has 1 aliphatic heterocycles. The van der Waals surface area contributed by atoms with Gasteiger partial charge < -0.3 is 4.74 Å². The van der Waals surface area contributed by atoms with Gasteiger partial charge in [-0.1, -0.05) is 11.6 Å². The van der Waals surface area contributed by atoms with Crippen LogP contribution in [0, 0.1) is 10.1 Å². The monoisotopic (exact) mass is 267 g/mol. The molecule has 1 atom stereocenters. The number of cyclic esters (lactones) is 1. The quantitative estimate of drug-likeness (QED) is 0.357. The topological polar surface area (TPSA) is 69.4 Å². The summed E-state index contributed by atoms with van der Waals surface area (Å²) in [5.41, 5.74) is 0.863. The summed E-state index contributed by atoms with van der Waals surface area (Å²) in [6.45, 7) is 1.79. The van der Waals surface area contributed by atoms with Gasteiger partial charge in [0.2, 0.25) is 0 Å². The van der Waals surface area contributed by atoms with Gasteiger partial charge >= 0.3 is 5.97 Å². The van der Waals surface area contributed by atoms with Crippen LogP contribution >= 0.6 is 11.6 Å². The van der Waals surface area contributed by atoms with E-state index in [1.165, 1.54) is 18.2 Å². The normalized spacial score (nSPS) is 21.1. The largest absolute Gasteiger partial charge is 0.459 e. The second-order valence-corrected chi connectivity index (χ2v) is 4.46. The maximum atomic E-state index is 11.5. The van der Waals surface area contributed by atoms with E-state index in [0.717, 1.165) is 0 Å². The van der Waals surface area contributed by atoms with E-state index in [1.807, 2.05) is 0 Å². The summed E-state index contributed by atoms with van der Waals surface area (Å²) in [5.74, 6) is -0.398. The lowest BCUT2D eigenvalue weighted by molar-refractivity contribution is -0.384. The minimum Gasteiger partial charge on any atom is -0.459 e. The predicted octanol–water partition coefficient (Wildman–Crippen LogP) is 2.97. The summed E-state index contributed by atoms with van der Waals surface area (Å²) in [7, 11) is 0. The number of rotatable bonds is 2. The molecule has 2 rings (SSSR count). The minimum absolute atomic E-state index is 0.0642. The number of nitrogens with zero attached hydrogens (tertiary/aromatic N) is 1. The number of non-ortho nitro benzene ring substituents is 1. The Hall–Kier alpha value is -1.88. The van der Waals surface area contributed by atoms with Gasteiger partial charge in [-0.15, -0.1) is 0 Å². The van der Waals surface area contributed by atoms with Crippen molar-refractivity contribution in [3.8, 4) is 0 Å². The molecule has 1 heterocycles. The molecular weight excluding hydrogens is 258 g/mol. The Morgan fingerprint density at radius 1 is 1.56 bits per heavy atom. The van der Waals surface area contributed by atoms with E-state index in [-0.39, 0.29) is 11.8 Å². The average Bonchev–Trinajstić information content (AvgIpc) is 2.60. The van der Waals surface area contributed by atoms with Gasteiger partial charge in [-0.3, -0.25) is 10.1 Å². The standard InChI is InChI=1S/C12H10ClNO4/c1-7-4-9(12(15)18-7)5-8-6-10(14(16)17)2-3-11(8)13/h2-3,5-7H,4H2,1H3. The molecule has 0 radical (unpaired) electrons. The summed E-state index contributed by atoms with van der Waals surface area (Å²) in [6.07, 6.45) is 1.86. The molecule has 1 saturated heterocycles. The molecule has 1 aromatic rings. The van der Waals surface area contributed by atoms with E-state index in [0.29, 0.717) is 22.6 Å². The highest BCUT2D eigenvalue weighted by Gasteiger charge is 2.25. The second-order valence-electron chi connectivity index (χ2n) is 4.05. The van der Waals surface area contributed by atoms with Gasteiger partial charge in [0.15, 0.2) is 0 Å². The zero-order valence-corrected chi connectivity index (χ0v) is 10.3. The van der Waals surface area contributed by atoms with Crippen molar-refractivity contribution in [1.29, 1.82) is 0 Å². The number of hydrogen-bond acceptors (Lipinski definition) is 4. The van der Waals surface area contributed by atoms with Crippen molar-refractivity contribution in [3.63, 3.8) is 0 Å². The number of esters is 1. The Labute approximate surface area is 108 Å². The van der Waals surface area contributed by atoms with Crippen LogP contribution in [0.2, 0.25) is 5.02 Å². The molecule has 0 aromatic heterocycles. The van der Waals surface area contributed by atoms with Crippen LogP contribution in [-0.2, 0) is 9.53 Å². The Morgan fingerprint density at radius 3 is 2.83 bits per heavy atom. The minimum atomic E-state index is -0.506. The van der Waals surface area contributed by atoms with Crippen LogP contribution in [0.4, 0.5) is 5.69 Å². The van der Waals surface area contributed by atoms with Crippen molar-refractivity contribution in [1.82, 2.24) is 0 Å². The fraction of sp³-hybridized carbons (Fsp3) is 0.250. The van der Waals surface area contributed by atoms with Crippen molar-refractivity contribution in [2.45, 2.75) is 19.4 Å². The summed E-state index contributed by atoms with van der Waals surface area (Å²) in [4.78, 5) is 21.6. The Bertz CT molecular complexity index is 553. The molecule has 0 aliphatic carbocycles. The van der Waals surface area contributed by atoms with Crippen LogP contribution in [0.25, 0.3) is 6.08 Å². The molecule has 0 spiro atoms. The molecule has 5 nitrogen and oxygen atoms in total. The number of ether oxygens (including phenoxy) is 1. The lowest BCUT2D eigenvalue weighted by atomic mass is 10.1. The first-order chi connectivity index (χ1) is 8.47. The van der Waals surface area contributed by atoms with Crippen molar-refractivity contribution >= 4 is 29.3 Å². The number of halogens is 1. The smallest absolute Gasteiger partial charge is 0.334 e. The first-order valence-electron chi connectivity index (χ1n) is 5.33. The number of carbonyl (C=O) groups excluding carboxylic acids is 1. The van der Waals surface area contributed by atoms with Gasteiger partial charge in [0.05, 0.1) is 4.92 Å². The van der Waals surface area contributed by atoms with E-state index in [4.69, 9.17) is 16.3 Å². The van der Waals surface area contributed by atoms with Gasteiger partial charge in [0.25, 0.3) is 5.69 Å². The zero-order chi connectivity index (χ0) is 13.3. The van der Waals surface area contributed by atoms with Crippen LogP contribution in [0.5, 0.6) is 0 Å². The molecular formula is C12H10ClNO4. The van der Waals surface area contributed by atoms with Crippen LogP contribution < -0.4 is 0 Å². The lowest BCUT2D eigenvalue weighted by Crippen LogP contribution is -1.99. The van der Waals surface area contributed by atoms with E-state index in [9.17, 15) is 14.9 Å². The fourth-order valence-corrected chi connectivity index (χ4v) is 1.93. The highest BCUT2D eigenvalue weighted by atomic mass is 35.5. The Balaban J connectivity index is 2.39. The summed E-state index contributed by atoms with van der Waals surface area (Å²) in [6, 6.07) is 4.10. The molecule has 94 valence electrons. The van der Waals surface area contributed by atoms with Gasteiger partial charge in [-0.05, 0) is 19.1 Å². The molecule has 1 aromatic carbocycles. The van der Waals surface area contributed by atoms with E-state index in [1.54, 1.807) is 13.0 Å². The molecule has 6 heteroatoms. The van der Waals surface area contributed by atoms with E-state index in [2.05, 4.69) is 0 Å². The lowest BCUT2D eigenvalue weighted by Gasteiger charge is -1.99.